The van der Waals surface area contributed by atoms with E-state index in [1.807, 2.05) is 6.92 Å². The van der Waals surface area contributed by atoms with Gasteiger partial charge in [-0.25, -0.2) is 0 Å². The minimum atomic E-state index is -0.494. The highest BCUT2D eigenvalue weighted by atomic mass is 79.9. The third-order valence-corrected chi connectivity index (χ3v) is 6.50. The molecule has 2 aliphatic carbocycles. The molecule has 0 bridgehead atoms. The van der Waals surface area contributed by atoms with Crippen molar-refractivity contribution < 1.29 is 5.11 Å². The average Bonchev–Trinajstić information content (AvgIpc) is 2.52. The van der Waals surface area contributed by atoms with E-state index in [1.165, 1.54) is 18.4 Å². The highest BCUT2D eigenvalue weighted by Gasteiger charge is 2.57. The molecule has 0 saturated heterocycles. The van der Waals surface area contributed by atoms with Gasteiger partial charge in [0.1, 0.15) is 0 Å². The highest BCUT2D eigenvalue weighted by molar-refractivity contribution is 9.09. The lowest BCUT2D eigenvalue weighted by Crippen LogP contribution is -2.52. The van der Waals surface area contributed by atoms with Crippen molar-refractivity contribution in [3.05, 3.63) is 11.6 Å². The molecule has 2 rings (SSSR count). The first kappa shape index (κ1) is 13.6. The van der Waals surface area contributed by atoms with Crippen molar-refractivity contribution in [3.63, 3.8) is 0 Å². The van der Waals surface area contributed by atoms with Crippen molar-refractivity contribution in [2.24, 2.45) is 17.3 Å². The zero-order valence-electron chi connectivity index (χ0n) is 11.5. The van der Waals surface area contributed by atoms with Gasteiger partial charge in [-0.1, -0.05) is 34.5 Å². The molecule has 0 amide bonds. The number of allylic oxidation sites excluding steroid dienone is 2. The molecule has 1 nitrogen and oxygen atoms in total. The fourth-order valence-corrected chi connectivity index (χ4v) is 5.07. The molecule has 0 aromatic carbocycles. The maximum absolute atomic E-state index is 10.8. The molecular formula is C15H25BrO. The maximum Gasteiger partial charge on any atom is 0.0659 e. The largest absolute Gasteiger partial charge is 0.390 e. The summed E-state index contributed by atoms with van der Waals surface area (Å²) in [6, 6.07) is 0. The summed E-state index contributed by atoms with van der Waals surface area (Å²) >= 11 is 3.86. The fraction of sp³-hybridized carbons (Fsp3) is 0.867. The predicted octanol–water partition coefficient (Wildman–Crippen LogP) is 4.29. The van der Waals surface area contributed by atoms with Gasteiger partial charge in [0.25, 0.3) is 0 Å². The normalized spacial score (nSPS) is 49.9. The van der Waals surface area contributed by atoms with Crippen molar-refractivity contribution in [1.29, 1.82) is 0 Å². The first-order valence-electron chi connectivity index (χ1n) is 6.79. The Bertz CT molecular complexity index is 330. The lowest BCUT2D eigenvalue weighted by Gasteiger charge is -2.50. The molecule has 1 unspecified atom stereocenters. The summed E-state index contributed by atoms with van der Waals surface area (Å²) in [5, 5.41) is 10.8. The summed E-state index contributed by atoms with van der Waals surface area (Å²) in [5.41, 5.74) is 1.15. The zero-order valence-corrected chi connectivity index (χ0v) is 13.0. The third-order valence-electron chi connectivity index (χ3n) is 4.99. The SMILES string of the molecule is CC(C)=C[C@@H]1CC[C@@]2(C)C1[C@](C)(O)CC[C@@H]2Br. The van der Waals surface area contributed by atoms with Gasteiger partial charge in [0, 0.05) is 10.7 Å². The van der Waals surface area contributed by atoms with Crippen LogP contribution in [-0.4, -0.2) is 15.5 Å². The summed E-state index contributed by atoms with van der Waals surface area (Å²) < 4.78 is 0. The zero-order chi connectivity index (χ0) is 12.8. The van der Waals surface area contributed by atoms with Gasteiger partial charge in [0.15, 0.2) is 0 Å². The van der Waals surface area contributed by atoms with Crippen LogP contribution in [0.4, 0.5) is 0 Å². The second kappa shape index (κ2) is 4.38. The molecule has 2 aliphatic rings. The van der Waals surface area contributed by atoms with Gasteiger partial charge in [-0.2, -0.15) is 0 Å². The van der Waals surface area contributed by atoms with Gasteiger partial charge in [0.05, 0.1) is 5.60 Å². The monoisotopic (exact) mass is 300 g/mol. The Morgan fingerprint density at radius 1 is 1.24 bits per heavy atom. The number of aliphatic hydroxyl groups is 1. The first-order chi connectivity index (χ1) is 7.77. The molecule has 98 valence electrons. The molecule has 5 atom stereocenters. The fourth-order valence-electron chi connectivity index (χ4n) is 4.32. The van der Waals surface area contributed by atoms with E-state index >= 15 is 0 Å². The van der Waals surface area contributed by atoms with Crippen LogP contribution in [0.15, 0.2) is 11.6 Å². The van der Waals surface area contributed by atoms with Gasteiger partial charge in [-0.05, 0) is 57.8 Å². The average molecular weight is 301 g/mol. The van der Waals surface area contributed by atoms with E-state index in [9.17, 15) is 5.11 Å². The molecule has 0 spiro atoms. The molecule has 1 N–H and O–H groups in total. The Morgan fingerprint density at radius 2 is 1.88 bits per heavy atom. The van der Waals surface area contributed by atoms with Crippen molar-refractivity contribution >= 4 is 15.9 Å². The van der Waals surface area contributed by atoms with E-state index in [-0.39, 0.29) is 5.41 Å². The van der Waals surface area contributed by atoms with E-state index in [1.54, 1.807) is 0 Å². The van der Waals surface area contributed by atoms with Crippen LogP contribution in [-0.2, 0) is 0 Å². The molecule has 0 aliphatic heterocycles. The molecule has 0 aromatic heterocycles. The van der Waals surface area contributed by atoms with E-state index in [4.69, 9.17) is 0 Å². The number of rotatable bonds is 1. The Balaban J connectivity index is 2.35. The Kier molecular flexibility index (Phi) is 3.51. The van der Waals surface area contributed by atoms with Gasteiger partial charge >= 0.3 is 0 Å². The standard InChI is InChI=1S/C15H25BrO/c1-10(2)9-11-5-7-14(3)12(16)6-8-15(4,17)13(11)14/h9,11-13,17H,5-8H2,1-4H3/t11-,12-,13?,14+,15+/m0/s1. The van der Waals surface area contributed by atoms with Crippen molar-refractivity contribution in [2.75, 3.05) is 0 Å². The van der Waals surface area contributed by atoms with Crippen LogP contribution < -0.4 is 0 Å². The number of fused-ring (bicyclic) bond motifs is 1. The first-order valence-corrected chi connectivity index (χ1v) is 7.70. The summed E-state index contributed by atoms with van der Waals surface area (Å²) in [6.45, 7) is 8.74. The third kappa shape index (κ3) is 2.23. The van der Waals surface area contributed by atoms with E-state index < -0.39 is 5.60 Å². The molecule has 0 aromatic rings. The van der Waals surface area contributed by atoms with Gasteiger partial charge in [-0.3, -0.25) is 0 Å². The van der Waals surface area contributed by atoms with Crippen LogP contribution in [0.25, 0.3) is 0 Å². The minimum Gasteiger partial charge on any atom is -0.390 e. The summed E-state index contributed by atoms with van der Waals surface area (Å²) in [7, 11) is 0. The molecule has 2 heteroatoms. The van der Waals surface area contributed by atoms with Gasteiger partial charge in [-0.15, -0.1) is 0 Å². The smallest absolute Gasteiger partial charge is 0.0659 e. The van der Waals surface area contributed by atoms with Crippen LogP contribution in [0.3, 0.4) is 0 Å². The molecule has 0 heterocycles. The van der Waals surface area contributed by atoms with Gasteiger partial charge < -0.3 is 5.11 Å². The number of hydrogen-bond acceptors (Lipinski definition) is 1. The second-order valence-corrected chi connectivity index (χ2v) is 7.90. The van der Waals surface area contributed by atoms with Crippen LogP contribution in [0.5, 0.6) is 0 Å². The summed E-state index contributed by atoms with van der Waals surface area (Å²) in [4.78, 5) is 0.566. The Labute approximate surface area is 114 Å². The minimum absolute atomic E-state index is 0.262. The number of alkyl halides is 1. The number of hydrogen-bond donors (Lipinski definition) is 1. The molecular weight excluding hydrogens is 276 g/mol. The lowest BCUT2D eigenvalue weighted by molar-refractivity contribution is -0.0866. The highest BCUT2D eigenvalue weighted by Crippen LogP contribution is 2.60. The summed E-state index contributed by atoms with van der Waals surface area (Å²) in [6.07, 6.45) is 6.87. The second-order valence-electron chi connectivity index (χ2n) is 6.79. The maximum atomic E-state index is 10.8. The molecule has 2 saturated carbocycles. The van der Waals surface area contributed by atoms with E-state index in [2.05, 4.69) is 42.8 Å². The van der Waals surface area contributed by atoms with E-state index in [0.29, 0.717) is 16.7 Å². The van der Waals surface area contributed by atoms with E-state index in [0.717, 1.165) is 12.8 Å². The Hall–Kier alpha value is 0.180. The quantitative estimate of drug-likeness (QED) is 0.566. The lowest BCUT2D eigenvalue weighted by atomic mass is 9.60. The van der Waals surface area contributed by atoms with Crippen molar-refractivity contribution in [1.82, 2.24) is 0 Å². The molecule has 2 fully saturated rings. The van der Waals surface area contributed by atoms with Crippen LogP contribution in [0.1, 0.15) is 53.4 Å². The van der Waals surface area contributed by atoms with Crippen LogP contribution >= 0.6 is 15.9 Å². The molecule has 17 heavy (non-hydrogen) atoms. The predicted molar refractivity (Wildman–Crippen MR) is 76.3 cm³/mol. The molecule has 0 radical (unpaired) electrons. The van der Waals surface area contributed by atoms with Crippen molar-refractivity contribution in [2.45, 2.75) is 63.8 Å². The summed E-state index contributed by atoms with van der Waals surface area (Å²) in [5.74, 6) is 0.961. The topological polar surface area (TPSA) is 20.2 Å². The van der Waals surface area contributed by atoms with Crippen LogP contribution in [0, 0.1) is 17.3 Å². The Morgan fingerprint density at radius 3 is 2.47 bits per heavy atom. The van der Waals surface area contributed by atoms with Crippen LogP contribution in [0.2, 0.25) is 0 Å². The van der Waals surface area contributed by atoms with Crippen molar-refractivity contribution in [3.8, 4) is 0 Å². The van der Waals surface area contributed by atoms with Gasteiger partial charge in [0.2, 0.25) is 0 Å². The number of halogens is 1.